The van der Waals surface area contributed by atoms with Crippen molar-refractivity contribution >= 4 is 22.6 Å². The Hall–Kier alpha value is -3.49. The molecular formula is C22H28N6O3. The molecule has 2 amide bonds. The number of carbonyl (C=O) groups is 2. The number of hydrogen-bond donors (Lipinski definition) is 2. The smallest absolute Gasteiger partial charge is 0.273 e. The maximum Gasteiger partial charge on any atom is 0.290 e. The van der Waals surface area contributed by atoms with Gasteiger partial charge in [-0.15, -0.1) is 0 Å². The van der Waals surface area contributed by atoms with Crippen LogP contribution in [0.5, 0.6) is 0 Å². The number of amides is 2. The van der Waals surface area contributed by atoms with Crippen LogP contribution in [0.3, 0.4) is 0 Å². The Kier molecular flexibility index (Phi) is 7.17. The maximum atomic E-state index is 12.8. The van der Waals surface area contributed by atoms with Crippen molar-refractivity contribution in [3.63, 3.8) is 0 Å². The molecule has 3 aromatic rings. The van der Waals surface area contributed by atoms with E-state index in [1.54, 1.807) is 28.9 Å². The van der Waals surface area contributed by atoms with Crippen LogP contribution in [-0.2, 0) is 17.9 Å². The molecule has 164 valence electrons. The lowest BCUT2D eigenvalue weighted by molar-refractivity contribution is -0.122. The summed E-state index contributed by atoms with van der Waals surface area (Å²) in [5, 5.41) is 9.48. The first kappa shape index (κ1) is 22.2. The topological polar surface area (TPSA) is 111 Å². The molecule has 3 rings (SSSR count). The number of unbranched alkanes of at least 4 members (excludes halogenated alkanes) is 2. The molecule has 0 saturated carbocycles. The van der Waals surface area contributed by atoms with Gasteiger partial charge in [0.2, 0.25) is 5.91 Å². The summed E-state index contributed by atoms with van der Waals surface area (Å²) < 4.78 is 3.08. The molecule has 2 N–H and O–H groups in total. The first-order chi connectivity index (χ1) is 14.9. The fourth-order valence-corrected chi connectivity index (χ4v) is 3.42. The SMILES string of the molecule is CCCCCn1nc(C(=O)NNC(=O)CCn2nc(C)cc2C)c2ccccc2c1=O. The molecule has 31 heavy (non-hydrogen) atoms. The van der Waals surface area contributed by atoms with Gasteiger partial charge in [-0.1, -0.05) is 38.0 Å². The highest BCUT2D eigenvalue weighted by Gasteiger charge is 2.17. The Labute approximate surface area is 180 Å². The summed E-state index contributed by atoms with van der Waals surface area (Å²) >= 11 is 0. The normalized spacial score (nSPS) is 10.9. The number of nitrogens with one attached hydrogen (secondary N) is 2. The van der Waals surface area contributed by atoms with Gasteiger partial charge in [-0.05, 0) is 32.4 Å². The van der Waals surface area contributed by atoms with E-state index < -0.39 is 5.91 Å². The zero-order valence-corrected chi connectivity index (χ0v) is 18.1. The number of benzene rings is 1. The fourth-order valence-electron chi connectivity index (χ4n) is 3.42. The summed E-state index contributed by atoms with van der Waals surface area (Å²) in [7, 11) is 0. The lowest BCUT2D eigenvalue weighted by Crippen LogP contribution is -2.43. The van der Waals surface area contributed by atoms with Crippen LogP contribution in [0, 0.1) is 13.8 Å². The van der Waals surface area contributed by atoms with Gasteiger partial charge in [-0.25, -0.2) is 4.68 Å². The lowest BCUT2D eigenvalue weighted by Gasteiger charge is -2.12. The van der Waals surface area contributed by atoms with Crippen LogP contribution >= 0.6 is 0 Å². The van der Waals surface area contributed by atoms with E-state index in [9.17, 15) is 14.4 Å². The average molecular weight is 425 g/mol. The number of nitrogens with zero attached hydrogens (tertiary/aromatic N) is 4. The predicted octanol–water partition coefficient (Wildman–Crippen LogP) is 2.25. The molecule has 0 bridgehead atoms. The van der Waals surface area contributed by atoms with Crippen LogP contribution in [0.2, 0.25) is 0 Å². The third-order valence-corrected chi connectivity index (χ3v) is 5.03. The second-order valence-corrected chi connectivity index (χ2v) is 7.53. The van der Waals surface area contributed by atoms with Gasteiger partial charge in [0, 0.05) is 24.0 Å². The van der Waals surface area contributed by atoms with E-state index in [-0.39, 0.29) is 23.6 Å². The van der Waals surface area contributed by atoms with E-state index in [0.717, 1.165) is 30.7 Å². The molecule has 9 nitrogen and oxygen atoms in total. The Morgan fingerprint density at radius 3 is 2.39 bits per heavy atom. The molecule has 0 aliphatic rings. The third-order valence-electron chi connectivity index (χ3n) is 5.03. The largest absolute Gasteiger partial charge is 0.290 e. The van der Waals surface area contributed by atoms with Crippen molar-refractivity contribution in [3.05, 3.63) is 57.8 Å². The van der Waals surface area contributed by atoms with Crippen LogP contribution < -0.4 is 16.4 Å². The number of fused-ring (bicyclic) bond motifs is 1. The molecular weight excluding hydrogens is 396 g/mol. The molecule has 0 spiro atoms. The van der Waals surface area contributed by atoms with E-state index in [0.29, 0.717) is 23.9 Å². The number of rotatable bonds is 8. The predicted molar refractivity (Wildman–Crippen MR) is 117 cm³/mol. The zero-order chi connectivity index (χ0) is 22.4. The molecule has 0 fully saturated rings. The van der Waals surface area contributed by atoms with E-state index in [4.69, 9.17) is 0 Å². The lowest BCUT2D eigenvalue weighted by atomic mass is 10.1. The minimum absolute atomic E-state index is 0.102. The van der Waals surface area contributed by atoms with Crippen molar-refractivity contribution in [1.29, 1.82) is 0 Å². The molecule has 0 aliphatic carbocycles. The van der Waals surface area contributed by atoms with Gasteiger partial charge in [0.1, 0.15) is 0 Å². The van der Waals surface area contributed by atoms with Crippen LogP contribution in [0.15, 0.2) is 35.1 Å². The molecule has 9 heteroatoms. The summed E-state index contributed by atoms with van der Waals surface area (Å²) in [6.07, 6.45) is 2.94. The van der Waals surface area contributed by atoms with Gasteiger partial charge in [0.05, 0.1) is 17.6 Å². The zero-order valence-electron chi connectivity index (χ0n) is 18.1. The highest BCUT2D eigenvalue weighted by Crippen LogP contribution is 2.13. The van der Waals surface area contributed by atoms with Crippen molar-refractivity contribution in [2.45, 2.75) is 59.5 Å². The molecule has 0 radical (unpaired) electrons. The van der Waals surface area contributed by atoms with E-state index in [1.807, 2.05) is 19.9 Å². The molecule has 1 aromatic carbocycles. The van der Waals surface area contributed by atoms with Crippen LogP contribution in [0.1, 0.15) is 54.5 Å². The first-order valence-corrected chi connectivity index (χ1v) is 10.5. The number of hydrogen-bond acceptors (Lipinski definition) is 5. The molecule has 0 unspecified atom stereocenters. The first-order valence-electron chi connectivity index (χ1n) is 10.5. The Bertz CT molecular complexity index is 1150. The van der Waals surface area contributed by atoms with Crippen molar-refractivity contribution in [2.24, 2.45) is 0 Å². The number of aromatic nitrogens is 4. The standard InChI is InChI=1S/C22H28N6O3/c1-4-5-8-12-28-22(31)18-10-7-6-9-17(18)20(26-28)21(30)24-23-19(29)11-13-27-16(3)14-15(2)25-27/h6-7,9-10,14H,4-5,8,11-13H2,1-3H3,(H,23,29)(H,24,30). The molecule has 0 aliphatic heterocycles. The maximum absolute atomic E-state index is 12.8. The van der Waals surface area contributed by atoms with Gasteiger partial charge >= 0.3 is 0 Å². The summed E-state index contributed by atoms with van der Waals surface area (Å²) in [6, 6.07) is 8.79. The monoisotopic (exact) mass is 424 g/mol. The van der Waals surface area contributed by atoms with Gasteiger partial charge in [-0.3, -0.25) is 29.9 Å². The van der Waals surface area contributed by atoms with Crippen molar-refractivity contribution in [2.75, 3.05) is 0 Å². The summed E-state index contributed by atoms with van der Waals surface area (Å²) in [6.45, 7) is 6.74. The quantitative estimate of drug-likeness (QED) is 0.426. The second kappa shape index (κ2) is 10.0. The van der Waals surface area contributed by atoms with Crippen LogP contribution in [-0.4, -0.2) is 31.4 Å². The van der Waals surface area contributed by atoms with Crippen LogP contribution in [0.4, 0.5) is 0 Å². The molecule has 2 heterocycles. The number of carbonyl (C=O) groups excluding carboxylic acids is 2. The van der Waals surface area contributed by atoms with Gasteiger partial charge < -0.3 is 0 Å². The summed E-state index contributed by atoms with van der Waals surface area (Å²) in [5.41, 5.74) is 6.57. The highest BCUT2D eigenvalue weighted by molar-refractivity contribution is 6.05. The van der Waals surface area contributed by atoms with E-state index in [1.165, 1.54) is 4.68 Å². The minimum Gasteiger partial charge on any atom is -0.273 e. The van der Waals surface area contributed by atoms with E-state index >= 15 is 0 Å². The molecule has 0 atom stereocenters. The fraction of sp³-hybridized carbons (Fsp3) is 0.409. The highest BCUT2D eigenvalue weighted by atomic mass is 16.2. The average Bonchev–Trinajstić information content (AvgIpc) is 3.09. The molecule has 0 saturated heterocycles. The number of aryl methyl sites for hydroxylation is 4. The van der Waals surface area contributed by atoms with Crippen molar-refractivity contribution < 1.29 is 9.59 Å². The van der Waals surface area contributed by atoms with Crippen LogP contribution in [0.25, 0.3) is 10.8 Å². The summed E-state index contributed by atoms with van der Waals surface area (Å²) in [5.74, 6) is -0.915. The third kappa shape index (κ3) is 5.36. The van der Waals surface area contributed by atoms with Gasteiger partial charge in [0.25, 0.3) is 11.5 Å². The van der Waals surface area contributed by atoms with Crippen molar-refractivity contribution in [1.82, 2.24) is 30.4 Å². The Morgan fingerprint density at radius 1 is 0.968 bits per heavy atom. The molecule has 2 aromatic heterocycles. The van der Waals surface area contributed by atoms with Gasteiger partial charge in [-0.2, -0.15) is 10.2 Å². The van der Waals surface area contributed by atoms with Crippen molar-refractivity contribution in [3.8, 4) is 0 Å². The Morgan fingerprint density at radius 2 is 1.71 bits per heavy atom. The summed E-state index contributed by atoms with van der Waals surface area (Å²) in [4.78, 5) is 37.7. The minimum atomic E-state index is -0.570. The Balaban J connectivity index is 1.70. The second-order valence-electron chi connectivity index (χ2n) is 7.53. The van der Waals surface area contributed by atoms with Gasteiger partial charge in [0.15, 0.2) is 5.69 Å². The van der Waals surface area contributed by atoms with E-state index in [2.05, 4.69) is 28.0 Å². The number of hydrazine groups is 1.